The van der Waals surface area contributed by atoms with Crippen molar-refractivity contribution in [2.45, 2.75) is 32.4 Å². The van der Waals surface area contributed by atoms with Gasteiger partial charge in [-0.2, -0.15) is 0 Å². The normalized spacial score (nSPS) is 14.2. The van der Waals surface area contributed by atoms with Crippen LogP contribution in [-0.4, -0.2) is 34.8 Å². The molecule has 0 saturated heterocycles. The first-order valence-corrected chi connectivity index (χ1v) is 6.38. The van der Waals surface area contributed by atoms with Gasteiger partial charge < -0.3 is 21.3 Å². The third-order valence-corrected chi connectivity index (χ3v) is 3.06. The van der Waals surface area contributed by atoms with E-state index >= 15 is 0 Å². The summed E-state index contributed by atoms with van der Waals surface area (Å²) in [5.74, 6) is 0.0533. The van der Waals surface area contributed by atoms with Gasteiger partial charge in [-0.15, -0.1) is 0 Å². The Morgan fingerprint density at radius 2 is 1.89 bits per heavy atom. The number of nitrogens with one attached hydrogen (secondary N) is 1. The van der Waals surface area contributed by atoms with E-state index in [4.69, 9.17) is 10.8 Å². The molecule has 1 rings (SSSR count). The number of hydrogen-bond donors (Lipinski definition) is 4. The van der Waals surface area contributed by atoms with Crippen molar-refractivity contribution in [1.29, 1.82) is 0 Å². The molecule has 0 aliphatic carbocycles. The number of hydrogen-bond acceptors (Lipinski definition) is 4. The van der Waals surface area contributed by atoms with Crippen molar-refractivity contribution in [2.24, 2.45) is 11.7 Å². The molecule has 5 nitrogen and oxygen atoms in total. The van der Waals surface area contributed by atoms with Crippen molar-refractivity contribution in [1.82, 2.24) is 5.32 Å². The number of aromatic hydroxyl groups is 1. The number of carbonyl (C=O) groups is 1. The predicted molar refractivity (Wildman–Crippen MR) is 73.6 cm³/mol. The van der Waals surface area contributed by atoms with Gasteiger partial charge >= 0.3 is 0 Å². The molecule has 106 valence electrons. The number of phenolic OH excluding ortho intramolecular Hbond substituents is 1. The van der Waals surface area contributed by atoms with Gasteiger partial charge in [0.05, 0.1) is 18.7 Å². The summed E-state index contributed by atoms with van der Waals surface area (Å²) in [6.45, 7) is 3.74. The summed E-state index contributed by atoms with van der Waals surface area (Å²) in [7, 11) is 0. The van der Waals surface area contributed by atoms with Gasteiger partial charge in [-0.25, -0.2) is 0 Å². The summed E-state index contributed by atoms with van der Waals surface area (Å²) in [6.07, 6.45) is 0.391. The lowest BCUT2D eigenvalue weighted by molar-refractivity contribution is -0.123. The van der Waals surface area contributed by atoms with Crippen LogP contribution >= 0.6 is 0 Å². The molecular formula is C14H22N2O3. The fourth-order valence-corrected chi connectivity index (χ4v) is 1.69. The van der Waals surface area contributed by atoms with Gasteiger partial charge in [-0.1, -0.05) is 26.0 Å². The van der Waals surface area contributed by atoms with Crippen LogP contribution in [0.5, 0.6) is 5.75 Å². The highest BCUT2D eigenvalue weighted by atomic mass is 16.3. The minimum Gasteiger partial charge on any atom is -0.508 e. The van der Waals surface area contributed by atoms with E-state index in [9.17, 15) is 9.90 Å². The van der Waals surface area contributed by atoms with E-state index in [0.29, 0.717) is 6.42 Å². The molecule has 1 amide bonds. The average Bonchev–Trinajstić information content (AvgIpc) is 2.37. The van der Waals surface area contributed by atoms with E-state index in [1.54, 1.807) is 24.3 Å². The number of phenols is 1. The highest BCUT2D eigenvalue weighted by Gasteiger charge is 2.20. The second kappa shape index (κ2) is 7.11. The molecule has 5 heteroatoms. The lowest BCUT2D eigenvalue weighted by atomic mass is 10.0. The molecule has 0 bridgehead atoms. The van der Waals surface area contributed by atoms with Crippen LogP contribution < -0.4 is 11.1 Å². The van der Waals surface area contributed by atoms with E-state index in [2.05, 4.69) is 5.32 Å². The van der Waals surface area contributed by atoms with Crippen molar-refractivity contribution in [3.63, 3.8) is 0 Å². The molecule has 0 saturated carbocycles. The van der Waals surface area contributed by atoms with Crippen LogP contribution in [0.3, 0.4) is 0 Å². The fraction of sp³-hybridized carbons (Fsp3) is 0.500. The van der Waals surface area contributed by atoms with E-state index in [1.165, 1.54) is 0 Å². The minimum absolute atomic E-state index is 0.102. The Labute approximate surface area is 113 Å². The number of aliphatic hydroxyl groups excluding tert-OH is 1. The first-order valence-electron chi connectivity index (χ1n) is 6.38. The van der Waals surface area contributed by atoms with Crippen LogP contribution in [0, 0.1) is 5.92 Å². The SMILES string of the molecule is CC(C)[C@@H](CO)NC(=O)[C@@H](N)Cc1ccc(O)cc1. The maximum atomic E-state index is 11.9. The highest BCUT2D eigenvalue weighted by molar-refractivity contribution is 5.82. The summed E-state index contributed by atoms with van der Waals surface area (Å²) < 4.78 is 0. The second-order valence-electron chi connectivity index (χ2n) is 5.02. The zero-order valence-corrected chi connectivity index (χ0v) is 11.3. The standard InChI is InChI=1S/C14H22N2O3/c1-9(2)13(8-17)16-14(19)12(15)7-10-3-5-11(18)6-4-10/h3-6,9,12-13,17-18H,7-8,15H2,1-2H3,(H,16,19)/t12-,13+/m0/s1. The average molecular weight is 266 g/mol. The van der Waals surface area contributed by atoms with E-state index in [-0.39, 0.29) is 30.2 Å². The first kappa shape index (κ1) is 15.5. The molecule has 2 atom stereocenters. The molecular weight excluding hydrogens is 244 g/mol. The summed E-state index contributed by atoms with van der Waals surface area (Å²) >= 11 is 0. The summed E-state index contributed by atoms with van der Waals surface area (Å²) in [6, 6.07) is 5.63. The van der Waals surface area contributed by atoms with Gasteiger partial charge in [0, 0.05) is 0 Å². The Bertz CT molecular complexity index is 404. The third kappa shape index (κ3) is 4.89. The van der Waals surface area contributed by atoms with E-state index in [1.807, 2.05) is 13.8 Å². The van der Waals surface area contributed by atoms with Crippen molar-refractivity contribution in [3.8, 4) is 5.75 Å². The van der Waals surface area contributed by atoms with Gasteiger partial charge in [0.2, 0.25) is 5.91 Å². The number of aliphatic hydroxyl groups is 1. The highest BCUT2D eigenvalue weighted by Crippen LogP contribution is 2.11. The van der Waals surface area contributed by atoms with E-state index < -0.39 is 6.04 Å². The largest absolute Gasteiger partial charge is 0.508 e. The number of amides is 1. The summed E-state index contributed by atoms with van der Waals surface area (Å²) in [5.41, 5.74) is 6.71. The molecule has 0 aliphatic heterocycles. The fourth-order valence-electron chi connectivity index (χ4n) is 1.69. The second-order valence-corrected chi connectivity index (χ2v) is 5.02. The molecule has 0 spiro atoms. The van der Waals surface area contributed by atoms with Crippen LogP contribution in [0.25, 0.3) is 0 Å². The van der Waals surface area contributed by atoms with Crippen LogP contribution in [-0.2, 0) is 11.2 Å². The zero-order valence-electron chi connectivity index (χ0n) is 11.3. The van der Waals surface area contributed by atoms with Crippen LogP contribution in [0.4, 0.5) is 0 Å². The van der Waals surface area contributed by atoms with Gasteiger partial charge in [0.1, 0.15) is 5.75 Å². The molecule has 19 heavy (non-hydrogen) atoms. The topological polar surface area (TPSA) is 95.6 Å². The van der Waals surface area contributed by atoms with Crippen LogP contribution in [0.1, 0.15) is 19.4 Å². The van der Waals surface area contributed by atoms with Gasteiger partial charge in [0.15, 0.2) is 0 Å². The Kier molecular flexibility index (Phi) is 5.79. The van der Waals surface area contributed by atoms with E-state index in [0.717, 1.165) is 5.56 Å². The van der Waals surface area contributed by atoms with Gasteiger partial charge in [-0.3, -0.25) is 4.79 Å². The van der Waals surface area contributed by atoms with Crippen molar-refractivity contribution < 1.29 is 15.0 Å². The minimum atomic E-state index is -0.669. The molecule has 0 fully saturated rings. The molecule has 0 radical (unpaired) electrons. The van der Waals surface area contributed by atoms with Crippen LogP contribution in [0.15, 0.2) is 24.3 Å². The Hall–Kier alpha value is -1.59. The number of nitrogens with two attached hydrogens (primary N) is 1. The van der Waals surface area contributed by atoms with Crippen molar-refractivity contribution in [2.75, 3.05) is 6.61 Å². The number of benzene rings is 1. The monoisotopic (exact) mass is 266 g/mol. The molecule has 1 aromatic carbocycles. The Balaban J connectivity index is 2.55. The smallest absolute Gasteiger partial charge is 0.237 e. The summed E-state index contributed by atoms with van der Waals surface area (Å²) in [4.78, 5) is 11.9. The van der Waals surface area contributed by atoms with Gasteiger partial charge in [0.25, 0.3) is 0 Å². The Morgan fingerprint density at radius 3 is 2.37 bits per heavy atom. The molecule has 0 aliphatic rings. The lowest BCUT2D eigenvalue weighted by Crippen LogP contribution is -2.49. The quantitative estimate of drug-likeness (QED) is 0.599. The predicted octanol–water partition coefficient (Wildman–Crippen LogP) is 0.395. The molecule has 0 unspecified atom stereocenters. The zero-order chi connectivity index (χ0) is 14.4. The lowest BCUT2D eigenvalue weighted by Gasteiger charge is -2.22. The van der Waals surface area contributed by atoms with Crippen LogP contribution in [0.2, 0.25) is 0 Å². The van der Waals surface area contributed by atoms with Crippen molar-refractivity contribution in [3.05, 3.63) is 29.8 Å². The molecule has 1 aromatic rings. The van der Waals surface area contributed by atoms with Gasteiger partial charge in [-0.05, 0) is 30.0 Å². The Morgan fingerprint density at radius 1 is 1.32 bits per heavy atom. The first-order chi connectivity index (χ1) is 8.93. The molecule has 5 N–H and O–H groups in total. The number of rotatable bonds is 6. The maximum absolute atomic E-state index is 11.9. The third-order valence-electron chi connectivity index (χ3n) is 3.06. The summed E-state index contributed by atoms with van der Waals surface area (Å²) in [5, 5.41) is 21.1. The van der Waals surface area contributed by atoms with Crippen molar-refractivity contribution >= 4 is 5.91 Å². The molecule has 0 aromatic heterocycles. The number of carbonyl (C=O) groups excluding carboxylic acids is 1. The maximum Gasteiger partial charge on any atom is 0.237 e. The molecule has 0 heterocycles.